The van der Waals surface area contributed by atoms with Crippen LogP contribution in [0.2, 0.25) is 0 Å². The lowest BCUT2D eigenvalue weighted by molar-refractivity contribution is 0.0697. The van der Waals surface area contributed by atoms with Crippen molar-refractivity contribution < 1.29 is 24.2 Å². The third-order valence-electron chi connectivity index (χ3n) is 2.83. The Hall–Kier alpha value is -2.12. The maximum absolute atomic E-state index is 10.9. The number of ether oxygens (including phenoxy) is 1. The van der Waals surface area contributed by atoms with Gasteiger partial charge >= 0.3 is 5.97 Å². The molecule has 2 rings (SSSR count). The number of carboxylic acid groups (broad SMARTS) is 1. The Balaban J connectivity index is 2.30. The second kappa shape index (κ2) is 6.36. The SMILES string of the molecule is COCCN(CCO)c1nc2ccc(C(=O)O)cc2o1. The number of methoxy groups -OCH3 is 1. The van der Waals surface area contributed by atoms with Gasteiger partial charge in [0, 0.05) is 20.2 Å². The summed E-state index contributed by atoms with van der Waals surface area (Å²) < 4.78 is 10.5. The van der Waals surface area contributed by atoms with E-state index in [1.165, 1.54) is 12.1 Å². The van der Waals surface area contributed by atoms with E-state index in [2.05, 4.69) is 4.98 Å². The van der Waals surface area contributed by atoms with Crippen molar-refractivity contribution in [3.05, 3.63) is 23.8 Å². The lowest BCUT2D eigenvalue weighted by Crippen LogP contribution is -2.30. The number of aliphatic hydroxyl groups is 1. The third kappa shape index (κ3) is 3.06. The number of anilines is 1. The van der Waals surface area contributed by atoms with E-state index in [-0.39, 0.29) is 12.2 Å². The highest BCUT2D eigenvalue weighted by atomic mass is 16.5. The molecule has 1 aromatic carbocycles. The molecule has 2 aromatic rings. The number of aromatic carboxylic acids is 1. The van der Waals surface area contributed by atoms with E-state index in [1.807, 2.05) is 0 Å². The van der Waals surface area contributed by atoms with E-state index in [4.69, 9.17) is 19.4 Å². The number of oxazole rings is 1. The van der Waals surface area contributed by atoms with Crippen LogP contribution < -0.4 is 4.90 Å². The standard InChI is InChI=1S/C13H16N2O5/c1-19-7-5-15(4-6-16)13-14-10-3-2-9(12(17)18)8-11(10)20-13/h2-3,8,16H,4-7H2,1H3,(H,17,18). The van der Waals surface area contributed by atoms with Crippen molar-refractivity contribution >= 4 is 23.1 Å². The van der Waals surface area contributed by atoms with Crippen molar-refractivity contribution in [2.45, 2.75) is 0 Å². The fraction of sp³-hybridized carbons (Fsp3) is 0.385. The van der Waals surface area contributed by atoms with Gasteiger partial charge in [-0.15, -0.1) is 0 Å². The van der Waals surface area contributed by atoms with Gasteiger partial charge < -0.3 is 24.3 Å². The summed E-state index contributed by atoms with van der Waals surface area (Å²) in [4.78, 5) is 16.9. The van der Waals surface area contributed by atoms with Gasteiger partial charge in [-0.2, -0.15) is 4.98 Å². The van der Waals surface area contributed by atoms with Gasteiger partial charge in [-0.3, -0.25) is 0 Å². The third-order valence-corrected chi connectivity index (χ3v) is 2.83. The molecule has 0 atom stereocenters. The van der Waals surface area contributed by atoms with Gasteiger partial charge in [0.25, 0.3) is 6.01 Å². The molecule has 0 bridgehead atoms. The molecule has 20 heavy (non-hydrogen) atoms. The van der Waals surface area contributed by atoms with Crippen LogP contribution in [0.15, 0.2) is 22.6 Å². The fourth-order valence-corrected chi connectivity index (χ4v) is 1.81. The average Bonchev–Trinajstić information content (AvgIpc) is 2.85. The van der Waals surface area contributed by atoms with Crippen molar-refractivity contribution in [3.63, 3.8) is 0 Å². The molecule has 1 heterocycles. The van der Waals surface area contributed by atoms with Crippen LogP contribution in [0.5, 0.6) is 0 Å². The summed E-state index contributed by atoms with van der Waals surface area (Å²) >= 11 is 0. The maximum Gasteiger partial charge on any atom is 0.335 e. The number of fused-ring (bicyclic) bond motifs is 1. The lowest BCUT2D eigenvalue weighted by Gasteiger charge is -2.18. The quantitative estimate of drug-likeness (QED) is 0.780. The van der Waals surface area contributed by atoms with Gasteiger partial charge in [0.2, 0.25) is 0 Å². The van der Waals surface area contributed by atoms with Crippen LogP contribution in [0.25, 0.3) is 11.1 Å². The zero-order valence-electron chi connectivity index (χ0n) is 11.1. The molecular formula is C13H16N2O5. The first-order valence-corrected chi connectivity index (χ1v) is 6.14. The maximum atomic E-state index is 10.9. The molecule has 0 radical (unpaired) electrons. The van der Waals surface area contributed by atoms with Gasteiger partial charge in [0.15, 0.2) is 5.58 Å². The molecule has 0 saturated heterocycles. The predicted molar refractivity (Wildman–Crippen MR) is 72.1 cm³/mol. The number of carboxylic acids is 1. The highest BCUT2D eigenvalue weighted by Gasteiger charge is 2.15. The summed E-state index contributed by atoms with van der Waals surface area (Å²) in [5.41, 5.74) is 1.12. The number of carbonyl (C=O) groups is 1. The van der Waals surface area contributed by atoms with Gasteiger partial charge in [-0.05, 0) is 18.2 Å². The van der Waals surface area contributed by atoms with E-state index in [0.717, 1.165) is 0 Å². The topological polar surface area (TPSA) is 96.0 Å². The zero-order chi connectivity index (χ0) is 14.5. The minimum absolute atomic E-state index is 0.0389. The highest BCUT2D eigenvalue weighted by molar-refractivity contribution is 5.92. The summed E-state index contributed by atoms with van der Waals surface area (Å²) in [6, 6.07) is 4.84. The van der Waals surface area contributed by atoms with Gasteiger partial charge in [0.1, 0.15) is 5.52 Å². The number of aliphatic hydroxyl groups excluding tert-OH is 1. The number of rotatable bonds is 7. The monoisotopic (exact) mass is 280 g/mol. The number of hydrogen-bond donors (Lipinski definition) is 2. The Morgan fingerprint density at radius 3 is 2.90 bits per heavy atom. The molecule has 1 aromatic heterocycles. The van der Waals surface area contributed by atoms with Crippen LogP contribution >= 0.6 is 0 Å². The Morgan fingerprint density at radius 2 is 2.25 bits per heavy atom. The molecule has 0 saturated carbocycles. The first-order valence-electron chi connectivity index (χ1n) is 6.14. The van der Waals surface area contributed by atoms with Crippen molar-refractivity contribution in [2.75, 3.05) is 38.3 Å². The minimum atomic E-state index is -1.02. The van der Waals surface area contributed by atoms with E-state index in [0.29, 0.717) is 36.8 Å². The van der Waals surface area contributed by atoms with E-state index >= 15 is 0 Å². The Kier molecular flexibility index (Phi) is 4.54. The molecule has 0 fully saturated rings. The first kappa shape index (κ1) is 14.3. The second-order valence-electron chi connectivity index (χ2n) is 4.19. The van der Waals surface area contributed by atoms with Gasteiger partial charge in [0.05, 0.1) is 18.8 Å². The predicted octanol–water partition coefficient (Wildman–Crippen LogP) is 0.971. The van der Waals surface area contributed by atoms with Crippen LogP contribution in [-0.2, 0) is 4.74 Å². The molecule has 0 aliphatic carbocycles. The van der Waals surface area contributed by atoms with Gasteiger partial charge in [-0.1, -0.05) is 0 Å². The molecule has 2 N–H and O–H groups in total. The largest absolute Gasteiger partial charge is 0.478 e. The van der Waals surface area contributed by atoms with Crippen molar-refractivity contribution in [1.29, 1.82) is 0 Å². The summed E-state index contributed by atoms with van der Waals surface area (Å²) in [6.45, 7) is 1.32. The summed E-state index contributed by atoms with van der Waals surface area (Å²) in [5.74, 6) is -1.02. The van der Waals surface area contributed by atoms with Crippen LogP contribution in [0.3, 0.4) is 0 Å². The molecule has 7 nitrogen and oxygen atoms in total. The van der Waals surface area contributed by atoms with E-state index in [9.17, 15) is 4.79 Å². The number of benzene rings is 1. The molecule has 108 valence electrons. The number of hydrogen-bond acceptors (Lipinski definition) is 6. The second-order valence-corrected chi connectivity index (χ2v) is 4.19. The Labute approximate surface area is 115 Å². The lowest BCUT2D eigenvalue weighted by atomic mass is 10.2. The molecule has 0 aliphatic heterocycles. The van der Waals surface area contributed by atoms with Crippen LogP contribution in [0.1, 0.15) is 10.4 Å². The van der Waals surface area contributed by atoms with E-state index in [1.54, 1.807) is 18.1 Å². The van der Waals surface area contributed by atoms with Crippen LogP contribution in [0.4, 0.5) is 6.01 Å². The fourth-order valence-electron chi connectivity index (χ4n) is 1.81. The summed E-state index contributed by atoms with van der Waals surface area (Å²) in [6.07, 6.45) is 0. The molecule has 0 amide bonds. The Morgan fingerprint density at radius 1 is 1.45 bits per heavy atom. The van der Waals surface area contributed by atoms with Crippen molar-refractivity contribution in [3.8, 4) is 0 Å². The molecular weight excluding hydrogens is 264 g/mol. The normalized spacial score (nSPS) is 10.9. The van der Waals surface area contributed by atoms with Crippen molar-refractivity contribution in [1.82, 2.24) is 4.98 Å². The number of nitrogens with zero attached hydrogens (tertiary/aromatic N) is 2. The average molecular weight is 280 g/mol. The van der Waals surface area contributed by atoms with Crippen molar-refractivity contribution in [2.24, 2.45) is 0 Å². The number of aromatic nitrogens is 1. The molecule has 0 aliphatic rings. The summed E-state index contributed by atoms with van der Waals surface area (Å²) in [5, 5.41) is 18.0. The summed E-state index contributed by atoms with van der Waals surface area (Å²) in [7, 11) is 1.59. The smallest absolute Gasteiger partial charge is 0.335 e. The Bertz CT molecular complexity index is 595. The van der Waals surface area contributed by atoms with E-state index < -0.39 is 5.97 Å². The van der Waals surface area contributed by atoms with Crippen LogP contribution in [-0.4, -0.2) is 54.6 Å². The zero-order valence-corrected chi connectivity index (χ0v) is 11.1. The minimum Gasteiger partial charge on any atom is -0.478 e. The van der Waals surface area contributed by atoms with Gasteiger partial charge in [-0.25, -0.2) is 4.79 Å². The molecule has 7 heteroatoms. The highest BCUT2D eigenvalue weighted by Crippen LogP contribution is 2.22. The molecule has 0 spiro atoms. The molecule has 0 unspecified atom stereocenters. The van der Waals surface area contributed by atoms with Crippen LogP contribution in [0, 0.1) is 0 Å². The first-order chi connectivity index (χ1) is 9.65.